The summed E-state index contributed by atoms with van der Waals surface area (Å²) < 4.78 is 25.8. The number of benzene rings is 1. The van der Waals surface area contributed by atoms with Crippen LogP contribution >= 0.6 is 0 Å². The molecule has 1 nitrogen and oxygen atoms in total. The molecule has 1 aromatic rings. The van der Waals surface area contributed by atoms with E-state index in [-0.39, 0.29) is 0 Å². The fourth-order valence-electron chi connectivity index (χ4n) is 1.97. The Hall–Kier alpha value is -1.12. The molecule has 0 heterocycles. The third-order valence-electron chi connectivity index (χ3n) is 2.97. The number of halogens is 2. The largest absolute Gasteiger partial charge is 0.385 e. The molecular weight excluding hydrogens is 232 g/mol. The molecule has 0 aliphatic carbocycles. The van der Waals surface area contributed by atoms with E-state index >= 15 is 0 Å². The summed E-state index contributed by atoms with van der Waals surface area (Å²) in [4.78, 5) is 0. The van der Waals surface area contributed by atoms with E-state index in [9.17, 15) is 8.78 Å². The van der Waals surface area contributed by atoms with Gasteiger partial charge in [-0.05, 0) is 18.6 Å². The van der Waals surface area contributed by atoms with Gasteiger partial charge in [0.25, 0.3) is 0 Å². The molecule has 0 saturated heterocycles. The topological polar surface area (TPSA) is 12.0 Å². The molecule has 1 aromatic carbocycles. The number of unbranched alkanes of at least 4 members (excludes halogenated alkanes) is 6. The van der Waals surface area contributed by atoms with Crippen molar-refractivity contribution in [2.75, 3.05) is 11.9 Å². The van der Waals surface area contributed by atoms with Crippen molar-refractivity contribution in [2.24, 2.45) is 0 Å². The average molecular weight is 255 g/mol. The van der Waals surface area contributed by atoms with Crippen LogP contribution in [0.5, 0.6) is 0 Å². The van der Waals surface area contributed by atoms with E-state index in [0.717, 1.165) is 19.0 Å². The Balaban J connectivity index is 2.07. The van der Waals surface area contributed by atoms with Crippen LogP contribution in [0.4, 0.5) is 14.5 Å². The highest BCUT2D eigenvalue weighted by Gasteiger charge is 1.99. The van der Waals surface area contributed by atoms with Gasteiger partial charge < -0.3 is 5.32 Å². The minimum Gasteiger partial charge on any atom is -0.385 e. The molecule has 1 rings (SSSR count). The minimum absolute atomic E-state index is 0.526. The monoisotopic (exact) mass is 255 g/mol. The first kappa shape index (κ1) is 14.9. The molecule has 0 fully saturated rings. The lowest BCUT2D eigenvalue weighted by molar-refractivity contribution is 0.583. The van der Waals surface area contributed by atoms with E-state index in [4.69, 9.17) is 0 Å². The molecule has 0 spiro atoms. The Labute approximate surface area is 109 Å². The van der Waals surface area contributed by atoms with Gasteiger partial charge >= 0.3 is 0 Å². The van der Waals surface area contributed by atoms with Crippen LogP contribution in [-0.4, -0.2) is 6.54 Å². The van der Waals surface area contributed by atoms with Crippen molar-refractivity contribution in [3.8, 4) is 0 Å². The van der Waals surface area contributed by atoms with Crippen LogP contribution in [0.3, 0.4) is 0 Å². The van der Waals surface area contributed by atoms with E-state index in [1.165, 1.54) is 50.7 Å². The fourth-order valence-corrected chi connectivity index (χ4v) is 1.97. The van der Waals surface area contributed by atoms with Gasteiger partial charge in [0.15, 0.2) is 0 Å². The summed E-state index contributed by atoms with van der Waals surface area (Å²) in [5.74, 6) is -1.06. The molecule has 0 aliphatic heterocycles. The molecular formula is C15H23F2N. The molecule has 0 aromatic heterocycles. The Kier molecular flexibility index (Phi) is 7.38. The second-order valence-electron chi connectivity index (χ2n) is 4.71. The zero-order chi connectivity index (χ0) is 13.2. The van der Waals surface area contributed by atoms with E-state index in [1.807, 2.05) is 0 Å². The SMILES string of the molecule is CCCCCCCCCNc1cc(F)cc(F)c1. The van der Waals surface area contributed by atoms with Gasteiger partial charge in [0, 0.05) is 18.3 Å². The lowest BCUT2D eigenvalue weighted by atomic mass is 10.1. The Bertz CT molecular complexity index is 319. The second-order valence-corrected chi connectivity index (χ2v) is 4.71. The smallest absolute Gasteiger partial charge is 0.128 e. The summed E-state index contributed by atoms with van der Waals surface area (Å²) in [5.41, 5.74) is 0.526. The first-order valence-electron chi connectivity index (χ1n) is 6.92. The molecule has 0 bridgehead atoms. The Morgan fingerprint density at radius 1 is 0.833 bits per heavy atom. The van der Waals surface area contributed by atoms with E-state index in [0.29, 0.717) is 5.69 Å². The molecule has 0 atom stereocenters. The molecule has 102 valence electrons. The molecule has 3 heteroatoms. The molecule has 0 unspecified atom stereocenters. The van der Waals surface area contributed by atoms with Crippen molar-refractivity contribution >= 4 is 5.69 Å². The molecule has 0 amide bonds. The van der Waals surface area contributed by atoms with Crippen LogP contribution in [0.2, 0.25) is 0 Å². The van der Waals surface area contributed by atoms with Gasteiger partial charge in [0.2, 0.25) is 0 Å². The maximum Gasteiger partial charge on any atom is 0.128 e. The summed E-state index contributed by atoms with van der Waals surface area (Å²) in [6.45, 7) is 2.98. The molecule has 0 saturated carbocycles. The van der Waals surface area contributed by atoms with Gasteiger partial charge in [0.05, 0.1) is 0 Å². The lowest BCUT2D eigenvalue weighted by Gasteiger charge is -2.06. The maximum atomic E-state index is 12.9. The summed E-state index contributed by atoms with van der Waals surface area (Å²) in [6.07, 6.45) is 8.67. The van der Waals surface area contributed by atoms with Gasteiger partial charge in [-0.25, -0.2) is 8.78 Å². The van der Waals surface area contributed by atoms with Gasteiger partial charge in [-0.1, -0.05) is 45.4 Å². The quantitative estimate of drug-likeness (QED) is 0.603. The summed E-state index contributed by atoms with van der Waals surface area (Å²) in [5, 5.41) is 3.05. The maximum absolute atomic E-state index is 12.9. The zero-order valence-corrected chi connectivity index (χ0v) is 11.1. The van der Waals surface area contributed by atoms with Crippen molar-refractivity contribution in [1.29, 1.82) is 0 Å². The fraction of sp³-hybridized carbons (Fsp3) is 0.600. The lowest BCUT2D eigenvalue weighted by Crippen LogP contribution is -2.02. The number of hydrogen-bond acceptors (Lipinski definition) is 1. The van der Waals surface area contributed by atoms with Gasteiger partial charge in [0.1, 0.15) is 11.6 Å². The summed E-state index contributed by atoms with van der Waals surface area (Å²) >= 11 is 0. The van der Waals surface area contributed by atoms with E-state index in [2.05, 4.69) is 12.2 Å². The van der Waals surface area contributed by atoms with Gasteiger partial charge in [-0.15, -0.1) is 0 Å². The van der Waals surface area contributed by atoms with Crippen molar-refractivity contribution in [2.45, 2.75) is 51.9 Å². The number of rotatable bonds is 9. The minimum atomic E-state index is -0.530. The second kappa shape index (κ2) is 8.90. The first-order valence-corrected chi connectivity index (χ1v) is 6.92. The molecule has 0 radical (unpaired) electrons. The average Bonchev–Trinajstić information content (AvgIpc) is 2.31. The Morgan fingerprint density at radius 3 is 2.00 bits per heavy atom. The predicted molar refractivity (Wildman–Crippen MR) is 72.8 cm³/mol. The van der Waals surface area contributed by atoms with Gasteiger partial charge in [-0.2, -0.15) is 0 Å². The standard InChI is InChI=1S/C15H23F2N/c1-2-3-4-5-6-7-8-9-18-15-11-13(16)10-14(17)12-15/h10-12,18H,2-9H2,1H3. The number of hydrogen-bond donors (Lipinski definition) is 1. The van der Waals surface area contributed by atoms with Crippen LogP contribution in [-0.2, 0) is 0 Å². The molecule has 1 N–H and O–H groups in total. The Morgan fingerprint density at radius 2 is 1.39 bits per heavy atom. The number of nitrogens with one attached hydrogen (secondary N) is 1. The highest BCUT2D eigenvalue weighted by molar-refractivity contribution is 5.43. The van der Waals surface area contributed by atoms with Crippen LogP contribution in [0.25, 0.3) is 0 Å². The van der Waals surface area contributed by atoms with Crippen LogP contribution in [0, 0.1) is 11.6 Å². The first-order chi connectivity index (χ1) is 8.72. The highest BCUT2D eigenvalue weighted by Crippen LogP contribution is 2.13. The normalized spacial score (nSPS) is 10.6. The third kappa shape index (κ3) is 6.58. The van der Waals surface area contributed by atoms with Crippen molar-refractivity contribution in [3.05, 3.63) is 29.8 Å². The van der Waals surface area contributed by atoms with Gasteiger partial charge in [-0.3, -0.25) is 0 Å². The van der Waals surface area contributed by atoms with E-state index < -0.39 is 11.6 Å². The van der Waals surface area contributed by atoms with Crippen LogP contribution < -0.4 is 5.32 Å². The zero-order valence-electron chi connectivity index (χ0n) is 11.1. The van der Waals surface area contributed by atoms with Crippen molar-refractivity contribution < 1.29 is 8.78 Å². The summed E-state index contributed by atoms with van der Waals surface area (Å²) in [6, 6.07) is 3.54. The molecule has 18 heavy (non-hydrogen) atoms. The third-order valence-corrected chi connectivity index (χ3v) is 2.97. The predicted octanol–water partition coefficient (Wildman–Crippen LogP) is 5.13. The highest BCUT2D eigenvalue weighted by atomic mass is 19.1. The van der Waals surface area contributed by atoms with Crippen LogP contribution in [0.15, 0.2) is 18.2 Å². The molecule has 0 aliphatic rings. The summed E-state index contributed by atoms with van der Waals surface area (Å²) in [7, 11) is 0. The van der Waals surface area contributed by atoms with E-state index in [1.54, 1.807) is 0 Å². The number of anilines is 1. The van der Waals surface area contributed by atoms with Crippen molar-refractivity contribution in [1.82, 2.24) is 0 Å². The van der Waals surface area contributed by atoms with Crippen molar-refractivity contribution in [3.63, 3.8) is 0 Å². The van der Waals surface area contributed by atoms with Crippen LogP contribution in [0.1, 0.15) is 51.9 Å².